The zero-order chi connectivity index (χ0) is 85.5. The van der Waals surface area contributed by atoms with Crippen molar-refractivity contribution in [2.45, 2.75) is 94.5 Å². The number of ether oxygens (including phenoxy) is 4. The Hall–Kier alpha value is -12.1. The Morgan fingerprint density at radius 1 is 0.517 bits per heavy atom. The number of alkyl halides is 6. The van der Waals surface area contributed by atoms with Crippen LogP contribution in [0.5, 0.6) is 17.2 Å². The molecule has 0 saturated carbocycles. The van der Waals surface area contributed by atoms with Crippen molar-refractivity contribution in [1.29, 1.82) is 15.8 Å². The van der Waals surface area contributed by atoms with Crippen LogP contribution in [0.1, 0.15) is 73.3 Å². The zero-order valence-electron chi connectivity index (χ0n) is 63.1. The minimum Gasteiger partial charge on any atom is -0.448 e. The molecule has 0 bridgehead atoms. The van der Waals surface area contributed by atoms with Crippen LogP contribution in [-0.2, 0) is 14.3 Å². The third-order valence-corrected chi connectivity index (χ3v) is 21.9. The zero-order valence-corrected chi connectivity index (χ0v) is 67.7. The number of hydrogen-bond acceptors (Lipinski definition) is 18. The number of guanidine groups is 3. The van der Waals surface area contributed by atoms with E-state index in [2.05, 4.69) is 83.4 Å². The highest BCUT2D eigenvalue weighted by molar-refractivity contribution is 6.43. The molecular weight excluding hydrogens is 1690 g/mol. The monoisotopic (exact) mass is 1760 g/mol. The van der Waals surface area contributed by atoms with Crippen LogP contribution < -0.4 is 51.8 Å². The van der Waals surface area contributed by atoms with Crippen molar-refractivity contribution in [2.24, 2.45) is 36.0 Å². The van der Waals surface area contributed by atoms with Crippen LogP contribution in [0, 0.1) is 34.4 Å². The van der Waals surface area contributed by atoms with E-state index in [-0.39, 0.29) is 95.3 Å². The number of hydrazone groups is 3. The standard InChI is InChI=1S/C39H33Cl2F2N7O4.C24H23Cl2F2N7O2.C18H14Cl2F2N6O/c1-39(16-7-17-49(39)38(52)53-21-30-28-12-4-2-10-26(28)27-11-3-5-13-29(27)30)35(51)47-33-20-50(48-34(33)23-14-15-31(40)32(41)18-23)37(45-22-44)46-24-8-6-9-25(19-24)54-36(42)43;1-24(8-3-9-31-24)21(36)33-19-12-35(34-20(19)14-6-7-17(25)18(26)10-14)23(30-13-29)32-15-4-2-5-16(11-15)37-22(27)28;19-13-5-4-10(6-14(13)20)16-15(24)8-28(27-16)18(25-9-23)26-11-2-1-3-12(7-11)29-17(21)22/h2-6,8-15,18-19,30,33,36H,7,16-17,20-21H2,1H3,(H,45,46)(H,47,51);2,4-7,10-11,19,22,31H,3,8-9,12H2,1H3,(H,30,32)(H,33,36);1-7,15,17H,8,24H2,(H,25,26)/t33?,39-;19?,24-;/m11./s1. The molecule has 5 aliphatic heterocycles. The number of rotatable bonds is 18. The summed E-state index contributed by atoms with van der Waals surface area (Å²) in [6.07, 6.45) is 7.35. The van der Waals surface area contributed by atoms with E-state index >= 15 is 0 Å². The van der Waals surface area contributed by atoms with Gasteiger partial charge in [-0.3, -0.25) is 30.4 Å². The number of fused-ring (bicyclic) bond motifs is 3. The predicted octanol–water partition coefficient (Wildman–Crippen LogP) is 15.4. The number of aliphatic imine (C=N–C) groups is 3. The van der Waals surface area contributed by atoms with Crippen molar-refractivity contribution in [2.75, 3.05) is 39.3 Å². The molecule has 620 valence electrons. The lowest BCUT2D eigenvalue weighted by molar-refractivity contribution is -0.130. The summed E-state index contributed by atoms with van der Waals surface area (Å²) in [5.41, 5.74) is 12.5. The maximum absolute atomic E-state index is 14.3. The molecule has 8 aromatic carbocycles. The van der Waals surface area contributed by atoms with Crippen LogP contribution >= 0.6 is 69.6 Å². The number of nitriles is 3. The molecule has 8 aromatic rings. The van der Waals surface area contributed by atoms with E-state index in [0.717, 1.165) is 35.2 Å². The number of nitrogens with two attached hydrogens (primary N) is 1. The molecule has 3 unspecified atom stereocenters. The van der Waals surface area contributed by atoms with Gasteiger partial charge in [-0.25, -0.2) is 34.8 Å². The molecule has 2 fully saturated rings. The molecule has 3 amide bonds. The van der Waals surface area contributed by atoms with Gasteiger partial charge >= 0.3 is 25.9 Å². The van der Waals surface area contributed by atoms with Crippen molar-refractivity contribution in [1.82, 2.24) is 51.8 Å². The molecule has 39 heteroatoms. The maximum Gasteiger partial charge on any atom is 0.410 e. The lowest BCUT2D eigenvalue weighted by Gasteiger charge is -2.34. The summed E-state index contributed by atoms with van der Waals surface area (Å²) in [7, 11) is 0. The van der Waals surface area contributed by atoms with E-state index in [9.17, 15) is 51.2 Å². The number of benzene rings is 8. The van der Waals surface area contributed by atoms with Gasteiger partial charge in [-0.05, 0) is 141 Å². The second-order valence-electron chi connectivity index (χ2n) is 27.6. The Bertz CT molecular complexity index is 5470. The van der Waals surface area contributed by atoms with Crippen LogP contribution in [0.15, 0.2) is 206 Å². The van der Waals surface area contributed by atoms with E-state index < -0.39 is 61.0 Å². The van der Waals surface area contributed by atoms with Gasteiger partial charge in [0.25, 0.3) is 0 Å². The van der Waals surface area contributed by atoms with Gasteiger partial charge in [0.1, 0.15) is 29.4 Å². The minimum absolute atomic E-state index is 0.00306. The number of carbonyl (C=O) groups excluding carboxylic acids is 3. The van der Waals surface area contributed by atoms with E-state index in [0.29, 0.717) is 84.7 Å². The fraction of sp³-hybridized carbons (Fsp3) is 0.259. The quantitative estimate of drug-likeness (QED) is 0.0138. The van der Waals surface area contributed by atoms with Crippen molar-refractivity contribution in [3.8, 4) is 47.0 Å². The SMILES string of the molecule is C[C@]1(C(=O)NC2CN(C(=Nc3cccc(OC(F)F)c3)NC#N)N=C2c2ccc(Cl)c(Cl)c2)CCCN1.C[C@]1(C(=O)NC2CN(C(=Nc3cccc(OC(F)F)c3)NC#N)N=C2c2ccc(Cl)c(Cl)c2)CCCN1C(=O)OCC1c2ccccc2-c2ccccc21.N#CNC(=Nc1cccc(OC(F)F)c1)N1CC(N)C(c2ccc(Cl)c(Cl)c2)=N1. The van der Waals surface area contributed by atoms with Gasteiger partial charge < -0.3 is 40.6 Å². The fourth-order valence-corrected chi connectivity index (χ4v) is 14.8. The van der Waals surface area contributed by atoms with Crippen molar-refractivity contribution < 1.29 is 59.7 Å². The first-order chi connectivity index (χ1) is 57.6. The van der Waals surface area contributed by atoms with E-state index in [1.165, 1.54) is 80.6 Å². The lowest BCUT2D eigenvalue weighted by atomic mass is 9.96. The van der Waals surface area contributed by atoms with Gasteiger partial charge in [-0.15, -0.1) is 0 Å². The number of likely N-dealkylation sites (tertiary alicyclic amines) is 1. The summed E-state index contributed by atoms with van der Waals surface area (Å²) >= 11 is 36.9. The molecule has 8 N–H and O–H groups in total. The van der Waals surface area contributed by atoms with Gasteiger partial charge in [0.05, 0.1) is 108 Å². The first kappa shape index (κ1) is 87.2. The Morgan fingerprint density at radius 2 is 0.917 bits per heavy atom. The molecule has 1 aliphatic carbocycles. The van der Waals surface area contributed by atoms with Gasteiger partial charge in [0, 0.05) is 47.4 Å². The highest BCUT2D eigenvalue weighted by Gasteiger charge is 2.49. The van der Waals surface area contributed by atoms with E-state index in [4.69, 9.17) is 90.4 Å². The molecule has 2 saturated heterocycles. The first-order valence-electron chi connectivity index (χ1n) is 36.7. The average Bonchev–Trinajstić information content (AvgIpc) is 1.62. The summed E-state index contributed by atoms with van der Waals surface area (Å²) in [4.78, 5) is 55.8. The number of hydrogen-bond donors (Lipinski definition) is 7. The average molecular weight is 1760 g/mol. The van der Waals surface area contributed by atoms with Crippen molar-refractivity contribution >= 4 is 140 Å². The molecular formula is C81H70Cl6F6N20O7. The van der Waals surface area contributed by atoms with Crippen LogP contribution in [0.2, 0.25) is 30.1 Å². The van der Waals surface area contributed by atoms with Gasteiger partial charge in [0.15, 0.2) is 18.6 Å². The minimum atomic E-state index is -3.04. The van der Waals surface area contributed by atoms with Crippen LogP contribution in [-0.4, -0.2) is 161 Å². The summed E-state index contributed by atoms with van der Waals surface area (Å²) in [6, 6.07) is 46.3. The third kappa shape index (κ3) is 21.1. The Kier molecular flexibility index (Phi) is 28.5. The summed E-state index contributed by atoms with van der Waals surface area (Å²) in [5.74, 6) is -0.982. The Labute approximate surface area is 713 Å². The second-order valence-corrected chi connectivity index (χ2v) is 30.0. The molecule has 0 aromatic heterocycles. The van der Waals surface area contributed by atoms with Crippen LogP contribution in [0.4, 0.5) is 48.2 Å². The number of nitrogens with one attached hydrogen (secondary N) is 6. The first-order valence-corrected chi connectivity index (χ1v) is 38.9. The predicted molar refractivity (Wildman–Crippen MR) is 443 cm³/mol. The molecule has 5 heterocycles. The summed E-state index contributed by atoms with van der Waals surface area (Å²) in [5, 5.41) is 64.7. The molecule has 27 nitrogen and oxygen atoms in total. The number of nitrogens with zero attached hydrogens (tertiary/aromatic N) is 13. The smallest absolute Gasteiger partial charge is 0.410 e. The lowest BCUT2D eigenvalue weighted by Crippen LogP contribution is -2.59. The fourth-order valence-electron chi connectivity index (χ4n) is 13.9. The molecule has 14 rings (SSSR count). The second kappa shape index (κ2) is 39.2. The maximum atomic E-state index is 14.3. The summed E-state index contributed by atoms with van der Waals surface area (Å²) < 4.78 is 95.1. The topological polar surface area (TPSA) is 345 Å². The van der Waals surface area contributed by atoms with Crippen LogP contribution in [0.25, 0.3) is 11.1 Å². The largest absolute Gasteiger partial charge is 0.448 e. The summed E-state index contributed by atoms with van der Waals surface area (Å²) in [6.45, 7) is -3.89. The van der Waals surface area contributed by atoms with Crippen molar-refractivity contribution in [3.05, 3.63) is 234 Å². The van der Waals surface area contributed by atoms with Crippen molar-refractivity contribution in [3.63, 3.8) is 0 Å². The number of halogens is 12. The Morgan fingerprint density at radius 3 is 1.32 bits per heavy atom. The van der Waals surface area contributed by atoms with E-state index in [1.807, 2.05) is 55.7 Å². The third-order valence-electron chi connectivity index (χ3n) is 19.7. The number of amides is 3. The Balaban J connectivity index is 0.000000174. The normalized spacial score (nSPS) is 19.3. The molecule has 0 radical (unpaired) electrons. The van der Waals surface area contributed by atoms with Gasteiger partial charge in [-0.2, -0.15) is 57.4 Å². The van der Waals surface area contributed by atoms with Crippen LogP contribution in [0.3, 0.4) is 0 Å². The van der Waals surface area contributed by atoms with Gasteiger partial charge in [-0.1, -0.05) is 155 Å². The molecule has 120 heavy (non-hydrogen) atoms. The molecule has 6 aliphatic rings. The van der Waals surface area contributed by atoms with Gasteiger partial charge in [0.2, 0.25) is 29.7 Å². The molecule has 5 atom stereocenters. The highest BCUT2D eigenvalue weighted by Crippen LogP contribution is 2.45. The number of carbonyl (C=O) groups is 3. The highest BCUT2D eigenvalue weighted by atomic mass is 35.5. The van der Waals surface area contributed by atoms with E-state index in [1.54, 1.807) is 79.8 Å². The molecule has 0 spiro atoms.